The van der Waals surface area contributed by atoms with Crippen LogP contribution in [-0.4, -0.2) is 63.8 Å². The van der Waals surface area contributed by atoms with Gasteiger partial charge in [0.05, 0.1) is 15.5 Å². The van der Waals surface area contributed by atoms with Crippen LogP contribution in [0.1, 0.15) is 10.4 Å². The van der Waals surface area contributed by atoms with E-state index >= 15 is 0 Å². The number of hydrogen-bond acceptors (Lipinski definition) is 4. The van der Waals surface area contributed by atoms with E-state index in [1.807, 2.05) is 30.3 Å². The van der Waals surface area contributed by atoms with Crippen LogP contribution < -0.4 is 4.90 Å². The van der Waals surface area contributed by atoms with Crippen molar-refractivity contribution in [3.63, 3.8) is 0 Å². The molecule has 0 aliphatic carbocycles. The molecule has 0 N–H and O–H groups in total. The highest BCUT2D eigenvalue weighted by atomic mass is 35.5. The molecule has 3 rings (SSSR count). The Morgan fingerprint density at radius 2 is 1.63 bits per heavy atom. The lowest BCUT2D eigenvalue weighted by molar-refractivity contribution is 0.0827. The van der Waals surface area contributed by atoms with Crippen molar-refractivity contribution >= 4 is 33.2 Å². The quantitative estimate of drug-likeness (QED) is 0.781. The van der Waals surface area contributed by atoms with Gasteiger partial charge in [-0.1, -0.05) is 29.8 Å². The lowest BCUT2D eigenvalue weighted by atomic mass is 10.2. The first kappa shape index (κ1) is 19.7. The fourth-order valence-corrected chi connectivity index (χ4v) is 4.69. The first-order valence-corrected chi connectivity index (χ1v) is 10.4. The van der Waals surface area contributed by atoms with E-state index in [0.717, 1.165) is 5.69 Å². The number of sulfonamides is 1. The molecule has 8 heteroatoms. The largest absolute Gasteiger partial charge is 0.369 e. The summed E-state index contributed by atoms with van der Waals surface area (Å²) in [4.78, 5) is 15.9. The molecule has 1 heterocycles. The maximum Gasteiger partial charge on any atom is 0.254 e. The minimum atomic E-state index is -3.69. The van der Waals surface area contributed by atoms with Crippen molar-refractivity contribution < 1.29 is 13.2 Å². The van der Waals surface area contributed by atoms with E-state index in [9.17, 15) is 13.2 Å². The first-order valence-electron chi connectivity index (χ1n) is 8.62. The van der Waals surface area contributed by atoms with Gasteiger partial charge in [-0.2, -0.15) is 4.31 Å². The Bertz CT molecular complexity index is 924. The van der Waals surface area contributed by atoms with Gasteiger partial charge >= 0.3 is 0 Å². The van der Waals surface area contributed by atoms with E-state index in [2.05, 4.69) is 4.90 Å². The van der Waals surface area contributed by atoms with Gasteiger partial charge < -0.3 is 9.80 Å². The molecule has 0 spiro atoms. The maximum absolute atomic E-state index is 13.0. The molecule has 27 heavy (non-hydrogen) atoms. The van der Waals surface area contributed by atoms with Crippen LogP contribution in [0.4, 0.5) is 5.69 Å². The molecule has 1 saturated heterocycles. The van der Waals surface area contributed by atoms with E-state index in [1.165, 1.54) is 27.4 Å². The van der Waals surface area contributed by atoms with Crippen LogP contribution in [0.5, 0.6) is 0 Å². The minimum absolute atomic E-state index is 0.0882. The summed E-state index contributed by atoms with van der Waals surface area (Å²) in [6, 6.07) is 14.2. The molecule has 1 aliphatic rings. The number of halogens is 1. The minimum Gasteiger partial charge on any atom is -0.369 e. The normalized spacial score (nSPS) is 15.6. The second kappa shape index (κ2) is 7.88. The molecule has 2 aromatic rings. The zero-order valence-corrected chi connectivity index (χ0v) is 16.9. The van der Waals surface area contributed by atoms with E-state index in [4.69, 9.17) is 11.6 Å². The van der Waals surface area contributed by atoms with Gasteiger partial charge in [-0.25, -0.2) is 8.42 Å². The van der Waals surface area contributed by atoms with Crippen LogP contribution >= 0.6 is 11.6 Å². The third kappa shape index (κ3) is 4.10. The number of carbonyl (C=O) groups excluding carboxylic acids is 1. The molecule has 0 atom stereocenters. The Hall–Kier alpha value is -2.09. The Morgan fingerprint density at radius 3 is 2.22 bits per heavy atom. The van der Waals surface area contributed by atoms with E-state index in [0.29, 0.717) is 26.2 Å². The van der Waals surface area contributed by atoms with Gasteiger partial charge in [-0.3, -0.25) is 4.79 Å². The van der Waals surface area contributed by atoms with Crippen molar-refractivity contribution in [3.8, 4) is 0 Å². The van der Waals surface area contributed by atoms with Crippen LogP contribution in [0.2, 0.25) is 5.02 Å². The summed E-state index contributed by atoms with van der Waals surface area (Å²) in [5, 5.41) is 0.238. The monoisotopic (exact) mass is 407 g/mol. The summed E-state index contributed by atoms with van der Waals surface area (Å²) >= 11 is 6.10. The molecule has 1 amide bonds. The molecule has 0 radical (unpaired) electrons. The van der Waals surface area contributed by atoms with Gasteiger partial charge in [0.15, 0.2) is 0 Å². The van der Waals surface area contributed by atoms with Crippen LogP contribution in [0.3, 0.4) is 0 Å². The lowest BCUT2D eigenvalue weighted by Gasteiger charge is -2.35. The summed E-state index contributed by atoms with van der Waals surface area (Å²) in [5.41, 5.74) is 1.27. The smallest absolute Gasteiger partial charge is 0.254 e. The van der Waals surface area contributed by atoms with Gasteiger partial charge in [0.2, 0.25) is 10.0 Å². The number of amides is 1. The summed E-state index contributed by atoms with van der Waals surface area (Å²) in [6.07, 6.45) is 0. The van der Waals surface area contributed by atoms with Crippen molar-refractivity contribution in [2.75, 3.05) is 45.2 Å². The third-order valence-corrected chi connectivity index (χ3v) is 6.80. The lowest BCUT2D eigenvalue weighted by Crippen LogP contribution is -2.48. The Balaban J connectivity index is 1.80. The van der Waals surface area contributed by atoms with Crippen molar-refractivity contribution in [1.82, 2.24) is 9.21 Å². The number of hydrogen-bond donors (Lipinski definition) is 0. The molecule has 1 aliphatic heterocycles. The Labute approximate surface area is 165 Å². The van der Waals surface area contributed by atoms with E-state index in [1.54, 1.807) is 14.1 Å². The molecule has 2 aromatic carbocycles. The van der Waals surface area contributed by atoms with Crippen molar-refractivity contribution in [1.29, 1.82) is 0 Å². The molecular formula is C19H22ClN3O3S. The zero-order chi connectivity index (χ0) is 19.6. The summed E-state index contributed by atoms with van der Waals surface area (Å²) in [5.74, 6) is -0.328. The molecule has 144 valence electrons. The molecule has 6 nitrogen and oxygen atoms in total. The summed E-state index contributed by atoms with van der Waals surface area (Å²) in [7, 11) is -0.489. The number of benzene rings is 2. The molecular weight excluding hydrogens is 386 g/mol. The zero-order valence-electron chi connectivity index (χ0n) is 15.3. The second-order valence-corrected chi connectivity index (χ2v) is 8.91. The highest BCUT2D eigenvalue weighted by Crippen LogP contribution is 2.25. The summed E-state index contributed by atoms with van der Waals surface area (Å²) < 4.78 is 27.5. The number of piperazine rings is 1. The second-order valence-electron chi connectivity index (χ2n) is 6.57. The van der Waals surface area contributed by atoms with Gasteiger partial charge in [-0.15, -0.1) is 0 Å². The highest BCUT2D eigenvalue weighted by molar-refractivity contribution is 7.89. The van der Waals surface area contributed by atoms with Gasteiger partial charge in [0.1, 0.15) is 0 Å². The van der Waals surface area contributed by atoms with E-state index in [-0.39, 0.29) is 21.4 Å². The molecule has 0 saturated carbocycles. The van der Waals surface area contributed by atoms with Crippen molar-refractivity contribution in [2.45, 2.75) is 4.90 Å². The van der Waals surface area contributed by atoms with Gasteiger partial charge in [0.25, 0.3) is 5.91 Å². The average molecular weight is 408 g/mol. The molecule has 0 unspecified atom stereocenters. The highest BCUT2D eigenvalue weighted by Gasteiger charge is 2.29. The number of nitrogens with zero attached hydrogens (tertiary/aromatic N) is 3. The Kier molecular flexibility index (Phi) is 5.74. The number of carbonyl (C=O) groups is 1. The third-order valence-electron chi connectivity index (χ3n) is 4.57. The molecule has 1 fully saturated rings. The fraction of sp³-hybridized carbons (Fsp3) is 0.316. The van der Waals surface area contributed by atoms with Crippen LogP contribution in [0.15, 0.2) is 53.4 Å². The number of anilines is 1. The van der Waals surface area contributed by atoms with Crippen LogP contribution in [0.25, 0.3) is 0 Å². The van der Waals surface area contributed by atoms with Crippen LogP contribution in [0, 0.1) is 0 Å². The van der Waals surface area contributed by atoms with Gasteiger partial charge in [-0.05, 0) is 30.3 Å². The van der Waals surface area contributed by atoms with Crippen molar-refractivity contribution in [3.05, 3.63) is 59.1 Å². The maximum atomic E-state index is 13.0. The molecule has 0 aromatic heterocycles. The van der Waals surface area contributed by atoms with Crippen LogP contribution in [-0.2, 0) is 10.0 Å². The molecule has 0 bridgehead atoms. The predicted molar refractivity (Wildman–Crippen MR) is 107 cm³/mol. The standard InChI is InChI=1S/C19H22ClN3O3S/c1-21(2)19(24)17-14-16(8-9-18(17)20)27(25,26)23-12-10-22(11-13-23)15-6-4-3-5-7-15/h3-9,14H,10-13H2,1-2H3. The van der Waals surface area contributed by atoms with Crippen molar-refractivity contribution in [2.24, 2.45) is 0 Å². The average Bonchev–Trinajstić information content (AvgIpc) is 2.68. The SMILES string of the molecule is CN(C)C(=O)c1cc(S(=O)(=O)N2CCN(c3ccccc3)CC2)ccc1Cl. The number of rotatable bonds is 4. The first-order chi connectivity index (χ1) is 12.8. The number of para-hydroxylation sites is 1. The summed E-state index contributed by atoms with van der Waals surface area (Å²) in [6.45, 7) is 1.99. The van der Waals surface area contributed by atoms with E-state index < -0.39 is 10.0 Å². The van der Waals surface area contributed by atoms with Gasteiger partial charge in [0, 0.05) is 46.0 Å². The fourth-order valence-electron chi connectivity index (χ4n) is 3.04. The topological polar surface area (TPSA) is 60.9 Å². The Morgan fingerprint density at radius 1 is 1.00 bits per heavy atom. The predicted octanol–water partition coefficient (Wildman–Crippen LogP) is 2.55.